The van der Waals surface area contributed by atoms with Crippen molar-refractivity contribution in [1.82, 2.24) is 4.90 Å². The molecule has 0 saturated carbocycles. The number of ether oxygens (including phenoxy) is 2. The van der Waals surface area contributed by atoms with E-state index in [9.17, 15) is 14.7 Å². The van der Waals surface area contributed by atoms with E-state index in [-0.39, 0.29) is 26.4 Å². The number of rotatable bonds is 9. The van der Waals surface area contributed by atoms with Crippen molar-refractivity contribution in [2.45, 2.75) is 19.6 Å². The number of anilines is 2. The quantitative estimate of drug-likeness (QED) is 0.435. The average molecular weight is 522 g/mol. The fraction of sp³-hybridized carbons (Fsp3) is 0.310. The van der Waals surface area contributed by atoms with Crippen molar-refractivity contribution < 1.29 is 28.6 Å². The zero-order valence-corrected chi connectivity index (χ0v) is 21.2. The van der Waals surface area contributed by atoms with E-state index in [0.29, 0.717) is 44.0 Å². The SMILES string of the molecule is O=C(OCc1ccccc1)N1CCN(c2ccc(N(CCCO)C(=O)OCc3ccccc3)cc2F)CC1. The number of aliphatic hydroxyl groups is 1. The van der Waals surface area contributed by atoms with Gasteiger partial charge < -0.3 is 24.4 Å². The van der Waals surface area contributed by atoms with E-state index in [2.05, 4.69) is 0 Å². The molecule has 200 valence electrons. The zero-order chi connectivity index (χ0) is 26.7. The minimum absolute atomic E-state index is 0.0912. The first-order valence-electron chi connectivity index (χ1n) is 12.6. The first-order valence-corrected chi connectivity index (χ1v) is 12.6. The number of halogens is 1. The molecule has 38 heavy (non-hydrogen) atoms. The molecule has 1 aliphatic heterocycles. The fourth-order valence-corrected chi connectivity index (χ4v) is 4.21. The third-order valence-corrected chi connectivity index (χ3v) is 6.29. The van der Waals surface area contributed by atoms with Crippen LogP contribution >= 0.6 is 0 Å². The summed E-state index contributed by atoms with van der Waals surface area (Å²) in [4.78, 5) is 30.1. The number of carbonyl (C=O) groups is 2. The molecule has 1 N–H and O–H groups in total. The van der Waals surface area contributed by atoms with Gasteiger partial charge in [-0.25, -0.2) is 14.0 Å². The van der Waals surface area contributed by atoms with Gasteiger partial charge >= 0.3 is 12.2 Å². The molecule has 3 aromatic rings. The number of hydrogen-bond donors (Lipinski definition) is 1. The predicted molar refractivity (Wildman–Crippen MR) is 142 cm³/mol. The van der Waals surface area contributed by atoms with Crippen LogP contribution in [0.5, 0.6) is 0 Å². The predicted octanol–water partition coefficient (Wildman–Crippen LogP) is 4.81. The minimum atomic E-state index is -0.614. The van der Waals surface area contributed by atoms with E-state index in [1.54, 1.807) is 17.0 Å². The Labute approximate surface area is 221 Å². The van der Waals surface area contributed by atoms with Gasteiger partial charge in [-0.15, -0.1) is 0 Å². The summed E-state index contributed by atoms with van der Waals surface area (Å²) in [5, 5.41) is 9.28. The van der Waals surface area contributed by atoms with Gasteiger partial charge in [-0.1, -0.05) is 60.7 Å². The monoisotopic (exact) mass is 521 g/mol. The second-order valence-corrected chi connectivity index (χ2v) is 8.92. The van der Waals surface area contributed by atoms with Gasteiger partial charge in [0.2, 0.25) is 0 Å². The largest absolute Gasteiger partial charge is 0.445 e. The highest BCUT2D eigenvalue weighted by Crippen LogP contribution is 2.27. The van der Waals surface area contributed by atoms with Crippen LogP contribution in [0.2, 0.25) is 0 Å². The molecule has 1 fully saturated rings. The molecule has 2 amide bonds. The number of nitrogens with zero attached hydrogens (tertiary/aromatic N) is 3. The van der Waals surface area contributed by atoms with Crippen molar-refractivity contribution in [3.63, 3.8) is 0 Å². The maximum absolute atomic E-state index is 15.2. The Bertz CT molecular complexity index is 1190. The highest BCUT2D eigenvalue weighted by Gasteiger charge is 2.25. The van der Waals surface area contributed by atoms with Crippen LogP contribution in [-0.4, -0.2) is 61.5 Å². The van der Waals surface area contributed by atoms with Crippen LogP contribution in [0.3, 0.4) is 0 Å². The molecular weight excluding hydrogens is 489 g/mol. The van der Waals surface area contributed by atoms with Gasteiger partial charge in [-0.05, 0) is 35.7 Å². The van der Waals surface area contributed by atoms with Crippen molar-refractivity contribution in [3.8, 4) is 0 Å². The Hall–Kier alpha value is -4.11. The topological polar surface area (TPSA) is 82.5 Å². The van der Waals surface area contributed by atoms with E-state index in [1.807, 2.05) is 65.6 Å². The summed E-state index contributed by atoms with van der Waals surface area (Å²) in [6.07, 6.45) is -0.679. The Kier molecular flexibility index (Phi) is 9.53. The lowest BCUT2D eigenvalue weighted by molar-refractivity contribution is 0.0941. The molecule has 0 bridgehead atoms. The molecule has 0 atom stereocenters. The number of hydrogen-bond acceptors (Lipinski definition) is 6. The van der Waals surface area contributed by atoms with Crippen LogP contribution < -0.4 is 9.80 Å². The van der Waals surface area contributed by atoms with Crippen molar-refractivity contribution >= 4 is 23.6 Å². The van der Waals surface area contributed by atoms with Gasteiger partial charge in [-0.2, -0.15) is 0 Å². The van der Waals surface area contributed by atoms with E-state index in [4.69, 9.17) is 9.47 Å². The van der Waals surface area contributed by atoms with Crippen LogP contribution in [0, 0.1) is 5.82 Å². The van der Waals surface area contributed by atoms with Gasteiger partial charge in [-0.3, -0.25) is 4.90 Å². The van der Waals surface area contributed by atoms with Crippen molar-refractivity contribution in [2.24, 2.45) is 0 Å². The average Bonchev–Trinajstić information content (AvgIpc) is 2.96. The second-order valence-electron chi connectivity index (χ2n) is 8.92. The smallest absolute Gasteiger partial charge is 0.414 e. The summed E-state index contributed by atoms with van der Waals surface area (Å²) < 4.78 is 26.1. The molecular formula is C29H32FN3O5. The molecule has 0 spiro atoms. The van der Waals surface area contributed by atoms with E-state index in [0.717, 1.165) is 11.1 Å². The summed E-state index contributed by atoms with van der Waals surface area (Å²) in [6.45, 7) is 2.08. The summed E-state index contributed by atoms with van der Waals surface area (Å²) in [6, 6.07) is 23.4. The highest BCUT2D eigenvalue weighted by molar-refractivity contribution is 5.88. The van der Waals surface area contributed by atoms with Crippen LogP contribution in [0.4, 0.5) is 25.4 Å². The minimum Gasteiger partial charge on any atom is -0.445 e. The molecule has 0 aliphatic carbocycles. The molecule has 4 rings (SSSR count). The summed E-state index contributed by atoms with van der Waals surface area (Å²) in [5.41, 5.74) is 2.50. The molecule has 9 heteroatoms. The van der Waals surface area contributed by atoms with E-state index < -0.39 is 18.0 Å². The number of aliphatic hydroxyl groups excluding tert-OH is 1. The summed E-state index contributed by atoms with van der Waals surface area (Å²) in [5.74, 6) is -0.479. The lowest BCUT2D eigenvalue weighted by atomic mass is 10.2. The molecule has 0 unspecified atom stereocenters. The Morgan fingerprint density at radius 3 is 2.03 bits per heavy atom. The van der Waals surface area contributed by atoms with Crippen LogP contribution in [0.15, 0.2) is 78.9 Å². The Balaban J connectivity index is 1.34. The van der Waals surface area contributed by atoms with Gasteiger partial charge in [0.05, 0.1) is 11.4 Å². The third-order valence-electron chi connectivity index (χ3n) is 6.29. The van der Waals surface area contributed by atoms with Crippen molar-refractivity contribution in [1.29, 1.82) is 0 Å². The summed E-state index contributed by atoms with van der Waals surface area (Å²) >= 11 is 0. The van der Waals surface area contributed by atoms with Crippen LogP contribution in [-0.2, 0) is 22.7 Å². The lowest BCUT2D eigenvalue weighted by Crippen LogP contribution is -2.49. The van der Waals surface area contributed by atoms with Crippen molar-refractivity contribution in [2.75, 3.05) is 49.1 Å². The molecule has 3 aromatic carbocycles. The molecule has 0 aromatic heterocycles. The van der Waals surface area contributed by atoms with Crippen molar-refractivity contribution in [3.05, 3.63) is 95.8 Å². The molecule has 1 heterocycles. The van der Waals surface area contributed by atoms with E-state index in [1.165, 1.54) is 11.0 Å². The van der Waals surface area contributed by atoms with Gasteiger partial charge in [0, 0.05) is 39.3 Å². The maximum Gasteiger partial charge on any atom is 0.414 e. The lowest BCUT2D eigenvalue weighted by Gasteiger charge is -2.35. The Morgan fingerprint density at radius 1 is 0.842 bits per heavy atom. The number of benzene rings is 3. The highest BCUT2D eigenvalue weighted by atomic mass is 19.1. The van der Waals surface area contributed by atoms with Gasteiger partial charge in [0.25, 0.3) is 0 Å². The molecule has 0 radical (unpaired) electrons. The first-order chi connectivity index (χ1) is 18.5. The fourth-order valence-electron chi connectivity index (χ4n) is 4.21. The molecule has 1 saturated heterocycles. The molecule has 1 aliphatic rings. The Morgan fingerprint density at radius 2 is 1.45 bits per heavy atom. The number of carbonyl (C=O) groups excluding carboxylic acids is 2. The molecule has 8 nitrogen and oxygen atoms in total. The van der Waals surface area contributed by atoms with Crippen LogP contribution in [0.25, 0.3) is 0 Å². The second kappa shape index (κ2) is 13.4. The number of piperazine rings is 1. The van der Waals surface area contributed by atoms with E-state index >= 15 is 4.39 Å². The van der Waals surface area contributed by atoms with Gasteiger partial charge in [0.1, 0.15) is 19.0 Å². The maximum atomic E-state index is 15.2. The summed E-state index contributed by atoms with van der Waals surface area (Å²) in [7, 11) is 0. The van der Waals surface area contributed by atoms with Crippen LogP contribution in [0.1, 0.15) is 17.5 Å². The standard InChI is InChI=1S/C29H32FN3O5/c30-26-20-25(33(14-7-19-34)29(36)38-22-24-10-5-2-6-11-24)12-13-27(26)31-15-17-32(18-16-31)28(35)37-21-23-8-3-1-4-9-23/h1-6,8-13,20,34H,7,14-19,21-22H2. The first kappa shape index (κ1) is 26.9. The third kappa shape index (κ3) is 7.23. The normalized spacial score (nSPS) is 13.2. The van der Waals surface area contributed by atoms with Gasteiger partial charge in [0.15, 0.2) is 0 Å². The number of amides is 2. The zero-order valence-electron chi connectivity index (χ0n) is 21.2.